The zero-order chi connectivity index (χ0) is 21.0. The summed E-state index contributed by atoms with van der Waals surface area (Å²) in [5.41, 5.74) is 0.891. The lowest BCUT2D eigenvalue weighted by molar-refractivity contribution is -0.142. The normalized spacial score (nSPS) is 13.4. The molecule has 1 aliphatic heterocycles. The summed E-state index contributed by atoms with van der Waals surface area (Å²) < 4.78 is 16.2. The molecule has 1 unspecified atom stereocenters. The van der Waals surface area contributed by atoms with E-state index < -0.39 is 5.38 Å². The molecule has 29 heavy (non-hydrogen) atoms. The van der Waals surface area contributed by atoms with Crippen LogP contribution >= 0.6 is 11.6 Å². The maximum absolute atomic E-state index is 13.1. The molecule has 1 aromatic heterocycles. The van der Waals surface area contributed by atoms with Crippen LogP contribution in [0.3, 0.4) is 0 Å². The average Bonchev–Trinajstić information content (AvgIpc) is 3.35. The van der Waals surface area contributed by atoms with Gasteiger partial charge in [-0.3, -0.25) is 9.59 Å². The van der Waals surface area contributed by atoms with Gasteiger partial charge in [-0.1, -0.05) is 6.07 Å². The van der Waals surface area contributed by atoms with E-state index in [0.717, 1.165) is 5.56 Å². The van der Waals surface area contributed by atoms with Gasteiger partial charge in [0.25, 0.3) is 0 Å². The number of furan rings is 1. The highest BCUT2D eigenvalue weighted by Gasteiger charge is 2.27. The molecule has 3 rings (SSSR count). The Morgan fingerprint density at radius 2 is 1.86 bits per heavy atom. The quantitative estimate of drug-likeness (QED) is 0.612. The molecular formula is C21H25ClN2O5. The van der Waals surface area contributed by atoms with Crippen molar-refractivity contribution >= 4 is 23.4 Å². The van der Waals surface area contributed by atoms with Gasteiger partial charge in [-0.15, -0.1) is 11.6 Å². The molecule has 0 fully saturated rings. The number of ether oxygens (including phenoxy) is 2. The fraction of sp³-hybridized carbons (Fsp3) is 0.429. The molecule has 2 aromatic rings. The van der Waals surface area contributed by atoms with E-state index in [1.165, 1.54) is 4.90 Å². The first-order valence-electron chi connectivity index (χ1n) is 9.48. The molecule has 0 saturated heterocycles. The van der Waals surface area contributed by atoms with E-state index in [1.807, 2.05) is 38.1 Å². The number of hydrogen-bond acceptors (Lipinski definition) is 5. The third-order valence-electron chi connectivity index (χ3n) is 4.64. The smallest absolute Gasteiger partial charge is 0.242 e. The molecule has 1 aromatic carbocycles. The molecule has 0 bridgehead atoms. The molecule has 2 amide bonds. The van der Waals surface area contributed by atoms with Crippen LogP contribution in [0.5, 0.6) is 11.5 Å². The molecule has 1 atom stereocenters. The van der Waals surface area contributed by atoms with Crippen LogP contribution in [-0.2, 0) is 22.7 Å². The van der Waals surface area contributed by atoms with Crippen LogP contribution in [0.1, 0.15) is 32.1 Å². The Bertz CT molecular complexity index is 851. The van der Waals surface area contributed by atoms with Crippen molar-refractivity contribution in [1.82, 2.24) is 9.80 Å². The number of fused-ring (bicyclic) bond motifs is 1. The number of nitrogens with zero attached hydrogens (tertiary/aromatic N) is 2. The predicted octanol–water partition coefficient (Wildman–Crippen LogP) is 3.40. The molecule has 2 heterocycles. The van der Waals surface area contributed by atoms with Crippen LogP contribution in [0, 0.1) is 0 Å². The van der Waals surface area contributed by atoms with Gasteiger partial charge in [-0.2, -0.15) is 0 Å². The molecule has 0 spiro atoms. The minimum atomic E-state index is -0.697. The second-order valence-electron chi connectivity index (χ2n) is 7.19. The van der Waals surface area contributed by atoms with E-state index >= 15 is 0 Å². The van der Waals surface area contributed by atoms with Crippen LogP contribution in [0.25, 0.3) is 0 Å². The summed E-state index contributed by atoms with van der Waals surface area (Å²) in [6, 6.07) is 9.01. The fourth-order valence-electron chi connectivity index (χ4n) is 3.07. The standard InChI is InChI=1S/C21H25ClN2O5/c1-14(2)24(21(26)15(3)22)12-20(25)23(11-17-5-4-8-27-17)10-16-6-7-18-19(9-16)29-13-28-18/h4-9,14-15H,10-13H2,1-3H3. The monoisotopic (exact) mass is 420 g/mol. The lowest BCUT2D eigenvalue weighted by atomic mass is 10.1. The number of carbonyl (C=O) groups excluding carboxylic acids is 2. The minimum absolute atomic E-state index is 0.0567. The van der Waals surface area contributed by atoms with Gasteiger partial charge in [0.05, 0.1) is 12.8 Å². The van der Waals surface area contributed by atoms with E-state index in [9.17, 15) is 9.59 Å². The van der Waals surface area contributed by atoms with Gasteiger partial charge in [0.2, 0.25) is 18.6 Å². The number of hydrogen-bond donors (Lipinski definition) is 0. The van der Waals surface area contributed by atoms with Crippen LogP contribution in [0.15, 0.2) is 41.0 Å². The number of rotatable bonds is 8. The summed E-state index contributed by atoms with van der Waals surface area (Å²) in [5.74, 6) is 1.54. The Balaban J connectivity index is 1.78. The van der Waals surface area contributed by atoms with E-state index in [1.54, 1.807) is 24.2 Å². The van der Waals surface area contributed by atoms with Crippen molar-refractivity contribution in [1.29, 1.82) is 0 Å². The number of halogens is 1. The van der Waals surface area contributed by atoms with Gasteiger partial charge in [-0.25, -0.2) is 0 Å². The minimum Gasteiger partial charge on any atom is -0.467 e. The number of amides is 2. The lowest BCUT2D eigenvalue weighted by Gasteiger charge is -2.30. The van der Waals surface area contributed by atoms with Gasteiger partial charge in [0.1, 0.15) is 17.7 Å². The summed E-state index contributed by atoms with van der Waals surface area (Å²) in [5, 5.41) is -0.697. The first-order chi connectivity index (χ1) is 13.8. The Labute approximate surface area is 175 Å². The van der Waals surface area contributed by atoms with Crippen molar-refractivity contribution in [2.24, 2.45) is 0 Å². The second kappa shape index (κ2) is 9.22. The lowest BCUT2D eigenvalue weighted by Crippen LogP contribution is -2.47. The zero-order valence-corrected chi connectivity index (χ0v) is 17.5. The van der Waals surface area contributed by atoms with Gasteiger partial charge in [0.15, 0.2) is 11.5 Å². The highest BCUT2D eigenvalue weighted by Crippen LogP contribution is 2.33. The zero-order valence-electron chi connectivity index (χ0n) is 16.8. The molecule has 7 nitrogen and oxygen atoms in total. The molecule has 156 valence electrons. The summed E-state index contributed by atoms with van der Waals surface area (Å²) in [6.45, 7) is 6.09. The van der Waals surface area contributed by atoms with Crippen molar-refractivity contribution in [3.8, 4) is 11.5 Å². The maximum atomic E-state index is 13.1. The Kier molecular flexibility index (Phi) is 6.69. The van der Waals surface area contributed by atoms with Crippen LogP contribution in [0.4, 0.5) is 0 Å². The third kappa shape index (κ3) is 5.23. The van der Waals surface area contributed by atoms with E-state index in [2.05, 4.69) is 0 Å². The SMILES string of the molecule is CC(Cl)C(=O)N(CC(=O)N(Cc1ccc2c(c1)OCO2)Cc1ccco1)C(C)C. The molecule has 1 aliphatic rings. The summed E-state index contributed by atoms with van der Waals surface area (Å²) in [7, 11) is 0. The van der Waals surface area contributed by atoms with E-state index in [-0.39, 0.29) is 37.7 Å². The first-order valence-corrected chi connectivity index (χ1v) is 9.92. The Morgan fingerprint density at radius 3 is 2.52 bits per heavy atom. The summed E-state index contributed by atoms with van der Waals surface area (Å²) >= 11 is 5.97. The molecular weight excluding hydrogens is 396 g/mol. The van der Waals surface area contributed by atoms with Gasteiger partial charge in [0, 0.05) is 12.6 Å². The summed E-state index contributed by atoms with van der Waals surface area (Å²) in [4.78, 5) is 28.7. The topological polar surface area (TPSA) is 72.2 Å². The summed E-state index contributed by atoms with van der Waals surface area (Å²) in [6.07, 6.45) is 1.57. The predicted molar refractivity (Wildman–Crippen MR) is 108 cm³/mol. The van der Waals surface area contributed by atoms with Crippen molar-refractivity contribution in [3.63, 3.8) is 0 Å². The number of carbonyl (C=O) groups is 2. The highest BCUT2D eigenvalue weighted by atomic mass is 35.5. The van der Waals surface area contributed by atoms with E-state index in [0.29, 0.717) is 23.8 Å². The van der Waals surface area contributed by atoms with Crippen LogP contribution in [-0.4, -0.2) is 46.4 Å². The van der Waals surface area contributed by atoms with E-state index in [4.69, 9.17) is 25.5 Å². The maximum Gasteiger partial charge on any atom is 0.242 e. The third-order valence-corrected chi connectivity index (χ3v) is 4.83. The Hall–Kier alpha value is -2.67. The largest absolute Gasteiger partial charge is 0.467 e. The number of alkyl halides is 1. The Morgan fingerprint density at radius 1 is 1.10 bits per heavy atom. The van der Waals surface area contributed by atoms with Crippen LogP contribution in [0.2, 0.25) is 0 Å². The average molecular weight is 421 g/mol. The van der Waals surface area contributed by atoms with Crippen molar-refractivity contribution in [2.75, 3.05) is 13.3 Å². The van der Waals surface area contributed by atoms with Crippen LogP contribution < -0.4 is 9.47 Å². The first kappa shape index (κ1) is 21.0. The van der Waals surface area contributed by atoms with Crippen molar-refractivity contribution < 1.29 is 23.5 Å². The number of benzene rings is 1. The second-order valence-corrected chi connectivity index (χ2v) is 7.85. The molecule has 0 N–H and O–H groups in total. The van der Waals surface area contributed by atoms with Gasteiger partial charge < -0.3 is 23.7 Å². The molecule has 0 saturated carbocycles. The molecule has 0 aliphatic carbocycles. The fourth-order valence-corrected chi connectivity index (χ4v) is 3.20. The van der Waals surface area contributed by atoms with Crippen molar-refractivity contribution in [3.05, 3.63) is 47.9 Å². The highest BCUT2D eigenvalue weighted by molar-refractivity contribution is 6.30. The van der Waals surface area contributed by atoms with Crippen molar-refractivity contribution in [2.45, 2.75) is 45.3 Å². The van der Waals surface area contributed by atoms with Gasteiger partial charge in [-0.05, 0) is 50.6 Å². The molecule has 8 heteroatoms. The molecule has 0 radical (unpaired) electrons. The van der Waals surface area contributed by atoms with Gasteiger partial charge >= 0.3 is 0 Å².